The summed E-state index contributed by atoms with van der Waals surface area (Å²) in [4.78, 5) is 0. The zero-order chi connectivity index (χ0) is 8.74. The summed E-state index contributed by atoms with van der Waals surface area (Å²) >= 11 is 0. The van der Waals surface area contributed by atoms with Gasteiger partial charge in [-0.15, -0.1) is 0 Å². The average Bonchev–Trinajstić information content (AvgIpc) is 1.85. The van der Waals surface area contributed by atoms with Crippen LogP contribution in [-0.2, 0) is 0 Å². The van der Waals surface area contributed by atoms with Gasteiger partial charge >= 0.3 is 0 Å². The smallest absolute Gasteiger partial charge is 0.0442 e. The van der Waals surface area contributed by atoms with E-state index in [1.807, 2.05) is 0 Å². The van der Waals surface area contributed by atoms with E-state index in [-0.39, 0.29) is 5.54 Å². The van der Waals surface area contributed by atoms with E-state index in [4.69, 9.17) is 0 Å². The molecule has 0 aliphatic rings. The van der Waals surface area contributed by atoms with Crippen LogP contribution in [0.5, 0.6) is 0 Å². The predicted molar refractivity (Wildman–Crippen MR) is 49.4 cm³/mol. The minimum Gasteiger partial charge on any atom is -0.240 e. The molecule has 0 rings (SSSR count). The lowest BCUT2D eigenvalue weighted by Gasteiger charge is -2.17. The predicted octanol–water partition coefficient (Wildman–Crippen LogP) is 2.08. The van der Waals surface area contributed by atoms with Gasteiger partial charge in [0.05, 0.1) is 0 Å². The molecule has 0 fully saturated rings. The molecular formula is C9H21N2. The van der Waals surface area contributed by atoms with Crippen LogP contribution in [0.25, 0.3) is 0 Å². The van der Waals surface area contributed by atoms with Crippen molar-refractivity contribution in [3.63, 3.8) is 0 Å². The summed E-state index contributed by atoms with van der Waals surface area (Å²) in [7, 11) is 0. The summed E-state index contributed by atoms with van der Waals surface area (Å²) in [5.74, 6) is 0. The number of hydrogen-bond acceptors (Lipinski definition) is 1. The molecule has 0 aromatic rings. The van der Waals surface area contributed by atoms with Crippen LogP contribution in [-0.4, -0.2) is 12.1 Å². The quantitative estimate of drug-likeness (QED) is 0.480. The van der Waals surface area contributed by atoms with Crippen molar-refractivity contribution in [3.05, 3.63) is 0 Å². The maximum Gasteiger partial charge on any atom is 0.0442 e. The van der Waals surface area contributed by atoms with Crippen molar-refractivity contribution in [1.82, 2.24) is 10.9 Å². The zero-order valence-electron chi connectivity index (χ0n) is 8.28. The fourth-order valence-corrected chi connectivity index (χ4v) is 0.747. The molecule has 0 aromatic heterocycles. The highest BCUT2D eigenvalue weighted by Crippen LogP contribution is 1.98. The average molecular weight is 157 g/mol. The van der Waals surface area contributed by atoms with Crippen LogP contribution in [0.3, 0.4) is 0 Å². The molecular weight excluding hydrogens is 136 g/mol. The van der Waals surface area contributed by atoms with Crippen molar-refractivity contribution in [1.29, 1.82) is 0 Å². The van der Waals surface area contributed by atoms with Gasteiger partial charge in [0.1, 0.15) is 0 Å². The summed E-state index contributed by atoms with van der Waals surface area (Å²) in [6, 6.07) is 0. The summed E-state index contributed by atoms with van der Waals surface area (Å²) in [6.45, 7) is 9.52. The molecule has 0 saturated carbocycles. The van der Waals surface area contributed by atoms with E-state index in [0.29, 0.717) is 0 Å². The molecule has 0 aromatic carbocycles. The Morgan fingerprint density at radius 3 is 2.27 bits per heavy atom. The first-order valence-electron chi connectivity index (χ1n) is 4.51. The minimum absolute atomic E-state index is 0.0617. The van der Waals surface area contributed by atoms with Crippen LogP contribution in [0.15, 0.2) is 0 Å². The SMILES string of the molecule is CCCCCN[N]C(C)(C)C. The standard InChI is InChI=1S/C9H21N2/c1-5-6-7-8-10-11-9(2,3)4/h10H,5-8H2,1-4H3. The largest absolute Gasteiger partial charge is 0.240 e. The third kappa shape index (κ3) is 9.92. The third-order valence-electron chi connectivity index (χ3n) is 1.31. The van der Waals surface area contributed by atoms with E-state index < -0.39 is 0 Å². The van der Waals surface area contributed by atoms with Gasteiger partial charge in [0.15, 0.2) is 0 Å². The van der Waals surface area contributed by atoms with Gasteiger partial charge in [-0.25, -0.2) is 5.43 Å². The van der Waals surface area contributed by atoms with Crippen molar-refractivity contribution in [2.75, 3.05) is 6.54 Å². The lowest BCUT2D eigenvalue weighted by Crippen LogP contribution is -2.39. The van der Waals surface area contributed by atoms with Gasteiger partial charge < -0.3 is 0 Å². The van der Waals surface area contributed by atoms with Gasteiger partial charge in [-0.2, -0.15) is 5.43 Å². The first-order chi connectivity index (χ1) is 5.06. The molecule has 0 heterocycles. The highest BCUT2D eigenvalue weighted by Gasteiger charge is 2.08. The van der Waals surface area contributed by atoms with Crippen LogP contribution in [0, 0.1) is 0 Å². The second kappa shape index (κ2) is 5.56. The van der Waals surface area contributed by atoms with E-state index in [1.165, 1.54) is 19.3 Å². The molecule has 2 nitrogen and oxygen atoms in total. The van der Waals surface area contributed by atoms with E-state index >= 15 is 0 Å². The van der Waals surface area contributed by atoms with Crippen molar-refractivity contribution in [3.8, 4) is 0 Å². The molecule has 0 aliphatic carbocycles. The Labute approximate surface area is 70.7 Å². The van der Waals surface area contributed by atoms with Gasteiger partial charge in [0, 0.05) is 12.1 Å². The number of nitrogens with one attached hydrogen (secondary N) is 1. The minimum atomic E-state index is 0.0617. The van der Waals surface area contributed by atoms with Crippen LogP contribution in [0.2, 0.25) is 0 Å². The second-order valence-electron chi connectivity index (χ2n) is 3.90. The van der Waals surface area contributed by atoms with Gasteiger partial charge in [0.25, 0.3) is 0 Å². The van der Waals surface area contributed by atoms with E-state index in [0.717, 1.165) is 6.54 Å². The molecule has 0 spiro atoms. The van der Waals surface area contributed by atoms with Gasteiger partial charge in [0.2, 0.25) is 0 Å². The lowest BCUT2D eigenvalue weighted by molar-refractivity contribution is 0.343. The maximum absolute atomic E-state index is 4.28. The second-order valence-corrected chi connectivity index (χ2v) is 3.90. The van der Waals surface area contributed by atoms with Crippen LogP contribution in [0.4, 0.5) is 0 Å². The van der Waals surface area contributed by atoms with Crippen LogP contribution in [0.1, 0.15) is 47.0 Å². The Morgan fingerprint density at radius 2 is 1.82 bits per heavy atom. The number of rotatable bonds is 5. The Hall–Kier alpha value is -0.0800. The highest BCUT2D eigenvalue weighted by atomic mass is 15.4. The fourth-order valence-electron chi connectivity index (χ4n) is 0.747. The molecule has 2 heteroatoms. The summed E-state index contributed by atoms with van der Waals surface area (Å²) in [6.07, 6.45) is 3.81. The number of unbranched alkanes of at least 4 members (excludes halogenated alkanes) is 2. The van der Waals surface area contributed by atoms with Gasteiger partial charge in [-0.05, 0) is 27.2 Å². The summed E-state index contributed by atoms with van der Waals surface area (Å²) in [5, 5.41) is 0. The zero-order valence-corrected chi connectivity index (χ0v) is 8.28. The first-order valence-corrected chi connectivity index (χ1v) is 4.51. The monoisotopic (exact) mass is 157 g/mol. The van der Waals surface area contributed by atoms with E-state index in [2.05, 4.69) is 38.5 Å². The molecule has 11 heavy (non-hydrogen) atoms. The summed E-state index contributed by atoms with van der Waals surface area (Å²) < 4.78 is 0. The van der Waals surface area contributed by atoms with Crippen LogP contribution >= 0.6 is 0 Å². The van der Waals surface area contributed by atoms with Crippen molar-refractivity contribution in [2.24, 2.45) is 0 Å². The topological polar surface area (TPSA) is 26.1 Å². The molecule has 67 valence electrons. The Balaban J connectivity index is 3.02. The van der Waals surface area contributed by atoms with E-state index in [1.54, 1.807) is 0 Å². The lowest BCUT2D eigenvalue weighted by atomic mass is 10.1. The molecule has 0 atom stereocenters. The third-order valence-corrected chi connectivity index (χ3v) is 1.31. The first kappa shape index (κ1) is 10.9. The molecule has 0 saturated heterocycles. The Kier molecular flexibility index (Phi) is 5.51. The van der Waals surface area contributed by atoms with E-state index in [9.17, 15) is 0 Å². The number of nitrogens with zero attached hydrogens (tertiary/aromatic N) is 1. The molecule has 1 radical (unpaired) electrons. The van der Waals surface area contributed by atoms with Crippen molar-refractivity contribution in [2.45, 2.75) is 52.5 Å². The summed E-state index contributed by atoms with van der Waals surface area (Å²) in [5.41, 5.74) is 7.43. The molecule has 0 amide bonds. The molecule has 0 bridgehead atoms. The van der Waals surface area contributed by atoms with Gasteiger partial charge in [-0.1, -0.05) is 19.8 Å². The Bertz CT molecular complexity index is 84.1. The number of hydrogen-bond donors (Lipinski definition) is 1. The fraction of sp³-hybridized carbons (Fsp3) is 1.00. The van der Waals surface area contributed by atoms with Crippen LogP contribution < -0.4 is 10.9 Å². The maximum atomic E-state index is 4.28. The normalized spacial score (nSPS) is 12.0. The Morgan fingerprint density at radius 1 is 1.18 bits per heavy atom. The van der Waals surface area contributed by atoms with Crippen molar-refractivity contribution >= 4 is 0 Å². The molecule has 0 aliphatic heterocycles. The molecule has 1 N–H and O–H groups in total. The molecule has 0 unspecified atom stereocenters. The van der Waals surface area contributed by atoms with Gasteiger partial charge in [-0.3, -0.25) is 0 Å². The van der Waals surface area contributed by atoms with Crippen molar-refractivity contribution < 1.29 is 0 Å². The highest BCUT2D eigenvalue weighted by molar-refractivity contribution is 4.65.